The first-order valence-electron chi connectivity index (χ1n) is 6.28. The Bertz CT molecular complexity index is 420. The fraction of sp³-hybridized carbons (Fsp3) is 0.714. The quantitative estimate of drug-likeness (QED) is 0.617. The Hall–Kier alpha value is -0.920. The molecule has 1 saturated carbocycles. The van der Waals surface area contributed by atoms with Gasteiger partial charge in [0, 0.05) is 31.0 Å². The number of likely N-dealkylation sites (N-methyl/N-ethyl adjacent to an activating group) is 1. The molecule has 2 nitrogen and oxygen atoms in total. The smallest absolute Gasteiger partial charge is 0.0687 e. The van der Waals surface area contributed by atoms with Crippen molar-refractivity contribution in [1.82, 2.24) is 9.80 Å². The lowest BCUT2D eigenvalue weighted by Gasteiger charge is -2.48. The van der Waals surface area contributed by atoms with Gasteiger partial charge in [-0.2, -0.15) is 0 Å². The number of rotatable bonds is 0. The summed E-state index contributed by atoms with van der Waals surface area (Å²) in [5, 5.41) is 0. The molecule has 3 aliphatic rings. The van der Waals surface area contributed by atoms with Gasteiger partial charge in [0.2, 0.25) is 0 Å². The largest absolute Gasteiger partial charge is 0.372 e. The molecule has 1 fully saturated rings. The Morgan fingerprint density at radius 3 is 2.50 bits per heavy atom. The van der Waals surface area contributed by atoms with Crippen LogP contribution in [0.15, 0.2) is 23.0 Å². The third-order valence-electron chi connectivity index (χ3n) is 5.48. The van der Waals surface area contributed by atoms with Crippen molar-refractivity contribution in [3.8, 4) is 0 Å². The molecule has 2 heteroatoms. The van der Waals surface area contributed by atoms with Gasteiger partial charge < -0.3 is 9.80 Å². The van der Waals surface area contributed by atoms with Crippen LogP contribution in [0.25, 0.3) is 0 Å². The number of fused-ring (bicyclic) bond motifs is 1. The van der Waals surface area contributed by atoms with Crippen molar-refractivity contribution >= 4 is 0 Å². The van der Waals surface area contributed by atoms with Crippen molar-refractivity contribution in [3.05, 3.63) is 23.0 Å². The molecule has 2 bridgehead atoms. The summed E-state index contributed by atoms with van der Waals surface area (Å²) < 4.78 is 0. The Kier molecular flexibility index (Phi) is 1.71. The fourth-order valence-electron chi connectivity index (χ4n) is 4.07. The van der Waals surface area contributed by atoms with Gasteiger partial charge >= 0.3 is 0 Å². The minimum Gasteiger partial charge on any atom is -0.372 e. The third kappa shape index (κ3) is 0.899. The second-order valence-corrected chi connectivity index (χ2v) is 6.11. The lowest BCUT2D eigenvalue weighted by molar-refractivity contribution is 0.127. The van der Waals surface area contributed by atoms with Crippen LogP contribution in [-0.2, 0) is 0 Å². The van der Waals surface area contributed by atoms with Crippen LogP contribution in [0, 0.1) is 0 Å². The van der Waals surface area contributed by atoms with Gasteiger partial charge in [0.15, 0.2) is 0 Å². The molecule has 0 aromatic carbocycles. The molecule has 0 radical (unpaired) electrons. The summed E-state index contributed by atoms with van der Waals surface area (Å²) in [7, 11) is 4.53. The van der Waals surface area contributed by atoms with Gasteiger partial charge in [0.05, 0.1) is 5.54 Å². The second kappa shape index (κ2) is 2.66. The molecular formula is C14H22N2. The Labute approximate surface area is 98.6 Å². The highest BCUT2D eigenvalue weighted by atomic mass is 15.3. The molecule has 1 spiro atoms. The topological polar surface area (TPSA) is 6.48 Å². The maximum atomic E-state index is 2.52. The van der Waals surface area contributed by atoms with Gasteiger partial charge in [0.1, 0.15) is 0 Å². The zero-order chi connectivity index (χ0) is 11.7. The SMILES string of the molecule is CC1=CC2=C(C)N(C)[C@]3(C)CC[C@@]2(C3)N1C. The molecule has 88 valence electrons. The molecule has 0 amide bonds. The fourth-order valence-corrected chi connectivity index (χ4v) is 4.07. The normalized spacial score (nSPS) is 41.7. The van der Waals surface area contributed by atoms with Crippen LogP contribution in [-0.4, -0.2) is 35.0 Å². The van der Waals surface area contributed by atoms with Crippen molar-refractivity contribution in [2.45, 2.75) is 51.1 Å². The van der Waals surface area contributed by atoms with E-state index in [9.17, 15) is 0 Å². The summed E-state index contributed by atoms with van der Waals surface area (Å²) in [4.78, 5) is 5.03. The number of allylic oxidation sites excluding steroid dienone is 2. The average molecular weight is 218 g/mol. The molecule has 16 heavy (non-hydrogen) atoms. The van der Waals surface area contributed by atoms with Gasteiger partial charge in [-0.05, 0) is 51.7 Å². The number of nitrogens with zero attached hydrogens (tertiary/aromatic N) is 2. The third-order valence-corrected chi connectivity index (χ3v) is 5.48. The van der Waals surface area contributed by atoms with Crippen molar-refractivity contribution in [1.29, 1.82) is 0 Å². The van der Waals surface area contributed by atoms with Gasteiger partial charge in [-0.3, -0.25) is 0 Å². The zero-order valence-electron chi connectivity index (χ0n) is 11.1. The molecule has 3 rings (SSSR count). The monoisotopic (exact) mass is 218 g/mol. The average Bonchev–Trinajstić information content (AvgIpc) is 2.70. The van der Waals surface area contributed by atoms with E-state index in [0.29, 0.717) is 11.1 Å². The van der Waals surface area contributed by atoms with E-state index >= 15 is 0 Å². The van der Waals surface area contributed by atoms with Gasteiger partial charge in [-0.25, -0.2) is 0 Å². The predicted molar refractivity (Wildman–Crippen MR) is 67.0 cm³/mol. The molecule has 1 aliphatic carbocycles. The van der Waals surface area contributed by atoms with Crippen LogP contribution < -0.4 is 0 Å². The lowest BCUT2D eigenvalue weighted by Crippen LogP contribution is -2.51. The van der Waals surface area contributed by atoms with Crippen LogP contribution in [0.3, 0.4) is 0 Å². The first kappa shape index (κ1) is 10.2. The molecule has 0 aromatic rings. The summed E-state index contributed by atoms with van der Waals surface area (Å²) in [5.74, 6) is 0. The van der Waals surface area contributed by atoms with Crippen LogP contribution in [0.4, 0.5) is 0 Å². The van der Waals surface area contributed by atoms with Gasteiger partial charge in [0.25, 0.3) is 0 Å². The first-order chi connectivity index (χ1) is 7.41. The van der Waals surface area contributed by atoms with Gasteiger partial charge in [-0.15, -0.1) is 0 Å². The second-order valence-electron chi connectivity index (χ2n) is 6.11. The highest BCUT2D eigenvalue weighted by molar-refractivity contribution is 5.48. The van der Waals surface area contributed by atoms with E-state index in [1.807, 2.05) is 0 Å². The van der Waals surface area contributed by atoms with Crippen molar-refractivity contribution < 1.29 is 0 Å². The zero-order valence-corrected chi connectivity index (χ0v) is 11.1. The van der Waals surface area contributed by atoms with Crippen molar-refractivity contribution in [2.24, 2.45) is 0 Å². The van der Waals surface area contributed by atoms with Crippen LogP contribution in [0.2, 0.25) is 0 Å². The number of hydrogen-bond donors (Lipinski definition) is 0. The van der Waals surface area contributed by atoms with Crippen molar-refractivity contribution in [2.75, 3.05) is 14.1 Å². The number of hydrogen-bond acceptors (Lipinski definition) is 2. The molecule has 0 aromatic heterocycles. The molecule has 2 heterocycles. The van der Waals surface area contributed by atoms with E-state index in [0.717, 1.165) is 0 Å². The Morgan fingerprint density at radius 1 is 1.12 bits per heavy atom. The highest BCUT2D eigenvalue weighted by Crippen LogP contribution is 2.57. The van der Waals surface area contributed by atoms with E-state index in [1.165, 1.54) is 30.7 Å². The maximum Gasteiger partial charge on any atom is 0.0687 e. The summed E-state index contributed by atoms with van der Waals surface area (Å²) in [6.45, 7) is 6.95. The molecule has 0 unspecified atom stereocenters. The molecule has 0 saturated heterocycles. The molecule has 2 atom stereocenters. The minimum absolute atomic E-state index is 0.329. The lowest BCUT2D eigenvalue weighted by atomic mass is 9.81. The molecule has 0 N–H and O–H groups in total. The standard InChI is InChI=1S/C14H22N2/c1-10-8-12-11(2)16(5)13(3)6-7-14(12,9-13)15(10)4/h8H,6-7,9H2,1-5H3/t13-,14+/m1/s1. The van der Waals surface area contributed by atoms with Crippen LogP contribution in [0.1, 0.15) is 40.0 Å². The molecule has 2 aliphatic heterocycles. The Balaban J connectivity index is 2.21. The van der Waals surface area contributed by atoms with E-state index in [2.05, 4.69) is 50.7 Å². The first-order valence-corrected chi connectivity index (χ1v) is 6.28. The van der Waals surface area contributed by atoms with E-state index in [4.69, 9.17) is 0 Å². The highest BCUT2D eigenvalue weighted by Gasteiger charge is 2.57. The summed E-state index contributed by atoms with van der Waals surface area (Å²) in [5.41, 5.74) is 5.18. The summed E-state index contributed by atoms with van der Waals surface area (Å²) >= 11 is 0. The van der Waals surface area contributed by atoms with E-state index < -0.39 is 0 Å². The van der Waals surface area contributed by atoms with Crippen LogP contribution >= 0.6 is 0 Å². The molecular weight excluding hydrogens is 196 g/mol. The Morgan fingerprint density at radius 2 is 1.81 bits per heavy atom. The van der Waals surface area contributed by atoms with Gasteiger partial charge in [-0.1, -0.05) is 0 Å². The van der Waals surface area contributed by atoms with E-state index in [-0.39, 0.29) is 0 Å². The predicted octanol–water partition coefficient (Wildman–Crippen LogP) is 2.74. The maximum absolute atomic E-state index is 2.52. The van der Waals surface area contributed by atoms with Crippen LogP contribution in [0.5, 0.6) is 0 Å². The van der Waals surface area contributed by atoms with E-state index in [1.54, 1.807) is 5.57 Å². The minimum atomic E-state index is 0.329. The summed E-state index contributed by atoms with van der Waals surface area (Å²) in [6.07, 6.45) is 6.31. The van der Waals surface area contributed by atoms with Crippen molar-refractivity contribution in [3.63, 3.8) is 0 Å². The summed E-state index contributed by atoms with van der Waals surface area (Å²) in [6, 6.07) is 0.